The lowest BCUT2D eigenvalue weighted by atomic mass is 10.2. The van der Waals surface area contributed by atoms with Gasteiger partial charge >= 0.3 is 5.97 Å². The summed E-state index contributed by atoms with van der Waals surface area (Å²) in [5, 5.41) is 11.4. The fraction of sp³-hybridized carbons (Fsp3) is 0.385. The number of aliphatic carboxylic acids is 1. The van der Waals surface area contributed by atoms with E-state index in [-0.39, 0.29) is 0 Å². The summed E-state index contributed by atoms with van der Waals surface area (Å²) in [5.74, 6) is -0.982. The van der Waals surface area contributed by atoms with E-state index in [0.717, 1.165) is 5.56 Å². The van der Waals surface area contributed by atoms with Gasteiger partial charge in [-0.05, 0) is 24.7 Å². The van der Waals surface area contributed by atoms with Crippen LogP contribution in [0.1, 0.15) is 5.56 Å². The maximum Gasteiger partial charge on any atom is 0.330 e. The van der Waals surface area contributed by atoms with Gasteiger partial charge in [0.15, 0.2) is 6.04 Å². The van der Waals surface area contributed by atoms with Crippen molar-refractivity contribution in [2.75, 3.05) is 21.2 Å². The molecule has 0 aliphatic rings. The number of ether oxygens (including phenoxy) is 1. The number of carbonyl (C=O) groups excluding carboxylic acids is 1. The molecule has 0 heterocycles. The van der Waals surface area contributed by atoms with Crippen LogP contribution >= 0.6 is 0 Å². The van der Waals surface area contributed by atoms with E-state index >= 15 is 0 Å². The summed E-state index contributed by atoms with van der Waals surface area (Å²) in [6, 6.07) is 6.05. The van der Waals surface area contributed by atoms with Crippen LogP contribution in [0.3, 0.4) is 0 Å². The molecular formula is C13H18N2O4. The summed E-state index contributed by atoms with van der Waals surface area (Å²) >= 11 is 0. The molecule has 0 saturated carbocycles. The summed E-state index contributed by atoms with van der Waals surface area (Å²) in [7, 11) is 4.57. The molecule has 0 bridgehead atoms. The third-order valence-electron chi connectivity index (χ3n) is 2.71. The number of methoxy groups -OCH3 is 1. The average molecular weight is 266 g/mol. The number of carboxylic acid groups (broad SMARTS) is 1. The highest BCUT2D eigenvalue weighted by molar-refractivity contribution is 6.00. The Labute approximate surface area is 112 Å². The molecule has 1 aromatic rings. The third-order valence-corrected chi connectivity index (χ3v) is 2.71. The number of likely N-dealkylation sites (N-methyl/N-ethyl adjacent to an activating group) is 2. The highest BCUT2D eigenvalue weighted by atomic mass is 16.5. The Morgan fingerprint density at radius 1 is 1.47 bits per heavy atom. The Balaban J connectivity index is 2.75. The molecule has 1 amide bonds. The van der Waals surface area contributed by atoms with E-state index in [4.69, 9.17) is 9.84 Å². The minimum absolute atomic E-state index is 0.321. The monoisotopic (exact) mass is 266 g/mol. The molecule has 1 rings (SSSR count). The molecule has 6 nitrogen and oxygen atoms in total. The molecule has 6 heteroatoms. The molecule has 0 fully saturated rings. The zero-order valence-electron chi connectivity index (χ0n) is 11.2. The number of rotatable bonds is 6. The largest absolute Gasteiger partial charge is 0.497 e. The van der Waals surface area contributed by atoms with Crippen LogP contribution in [0.5, 0.6) is 5.75 Å². The molecule has 0 aliphatic heterocycles. The molecule has 0 radical (unpaired) electrons. The smallest absolute Gasteiger partial charge is 0.330 e. The lowest BCUT2D eigenvalue weighted by molar-refractivity contribution is -0.147. The molecule has 0 aliphatic carbocycles. The van der Waals surface area contributed by atoms with Gasteiger partial charge in [-0.1, -0.05) is 12.1 Å². The fourth-order valence-corrected chi connectivity index (χ4v) is 1.70. The van der Waals surface area contributed by atoms with Gasteiger partial charge in [-0.15, -0.1) is 0 Å². The number of nitrogens with one attached hydrogen (secondary N) is 1. The van der Waals surface area contributed by atoms with Gasteiger partial charge in [-0.2, -0.15) is 0 Å². The van der Waals surface area contributed by atoms with E-state index in [2.05, 4.69) is 5.32 Å². The second-order valence-corrected chi connectivity index (χ2v) is 4.11. The first-order valence-corrected chi connectivity index (χ1v) is 5.77. The molecule has 1 atom stereocenters. The molecule has 19 heavy (non-hydrogen) atoms. The maximum absolute atomic E-state index is 11.9. The van der Waals surface area contributed by atoms with Crippen molar-refractivity contribution in [2.24, 2.45) is 0 Å². The number of amides is 1. The van der Waals surface area contributed by atoms with Crippen LogP contribution in [0.4, 0.5) is 0 Å². The van der Waals surface area contributed by atoms with Gasteiger partial charge in [0.05, 0.1) is 7.11 Å². The SMILES string of the molecule is CNC(C(=O)O)C(=O)N(C)Cc1cccc(OC)c1. The van der Waals surface area contributed by atoms with Crippen LogP contribution in [-0.2, 0) is 16.1 Å². The molecule has 0 spiro atoms. The number of carbonyl (C=O) groups is 2. The highest BCUT2D eigenvalue weighted by Crippen LogP contribution is 2.14. The second-order valence-electron chi connectivity index (χ2n) is 4.11. The zero-order valence-corrected chi connectivity index (χ0v) is 11.2. The van der Waals surface area contributed by atoms with E-state index in [1.165, 1.54) is 11.9 Å². The van der Waals surface area contributed by atoms with Crippen molar-refractivity contribution in [3.8, 4) is 5.75 Å². The molecule has 2 N–H and O–H groups in total. The van der Waals surface area contributed by atoms with Gasteiger partial charge in [0.2, 0.25) is 0 Å². The molecule has 0 aromatic heterocycles. The molecular weight excluding hydrogens is 248 g/mol. The quantitative estimate of drug-likeness (QED) is 0.725. The fourth-order valence-electron chi connectivity index (χ4n) is 1.70. The van der Waals surface area contributed by atoms with E-state index in [1.807, 2.05) is 12.1 Å². The summed E-state index contributed by atoms with van der Waals surface area (Å²) < 4.78 is 5.09. The van der Waals surface area contributed by atoms with Crippen LogP contribution in [-0.4, -0.2) is 49.1 Å². The molecule has 1 unspecified atom stereocenters. The first kappa shape index (κ1) is 15.0. The Morgan fingerprint density at radius 2 is 2.16 bits per heavy atom. The van der Waals surface area contributed by atoms with Crippen LogP contribution in [0.2, 0.25) is 0 Å². The van der Waals surface area contributed by atoms with E-state index in [1.54, 1.807) is 26.3 Å². The van der Waals surface area contributed by atoms with Crippen molar-refractivity contribution in [1.29, 1.82) is 0 Å². The Kier molecular flexibility index (Phi) is 5.32. The van der Waals surface area contributed by atoms with Crippen molar-refractivity contribution in [3.63, 3.8) is 0 Å². The summed E-state index contributed by atoms with van der Waals surface area (Å²) in [5.41, 5.74) is 0.871. The standard InChI is InChI=1S/C13H18N2O4/c1-14-11(13(17)18)12(16)15(2)8-9-5-4-6-10(7-9)19-3/h4-7,11,14H,8H2,1-3H3,(H,17,18). The minimum atomic E-state index is -1.23. The van der Waals surface area contributed by atoms with Crippen molar-refractivity contribution < 1.29 is 19.4 Å². The second kappa shape index (κ2) is 6.75. The number of benzene rings is 1. The third kappa shape index (κ3) is 3.96. The van der Waals surface area contributed by atoms with Crippen LogP contribution in [0.25, 0.3) is 0 Å². The average Bonchev–Trinajstić information content (AvgIpc) is 2.39. The van der Waals surface area contributed by atoms with Gasteiger partial charge < -0.3 is 14.7 Å². The zero-order chi connectivity index (χ0) is 14.4. The number of nitrogens with zero attached hydrogens (tertiary/aromatic N) is 1. The van der Waals surface area contributed by atoms with Crippen LogP contribution < -0.4 is 10.1 Å². The van der Waals surface area contributed by atoms with Crippen molar-refractivity contribution in [2.45, 2.75) is 12.6 Å². The first-order valence-electron chi connectivity index (χ1n) is 5.77. The van der Waals surface area contributed by atoms with E-state index in [9.17, 15) is 9.59 Å². The summed E-state index contributed by atoms with van der Waals surface area (Å²) in [4.78, 5) is 24.2. The van der Waals surface area contributed by atoms with Crippen molar-refractivity contribution >= 4 is 11.9 Å². The Hall–Kier alpha value is -2.08. The van der Waals surface area contributed by atoms with Crippen LogP contribution in [0.15, 0.2) is 24.3 Å². The minimum Gasteiger partial charge on any atom is -0.497 e. The molecule has 104 valence electrons. The van der Waals surface area contributed by atoms with E-state index in [0.29, 0.717) is 12.3 Å². The number of hydrogen-bond donors (Lipinski definition) is 2. The van der Waals surface area contributed by atoms with Gasteiger partial charge in [-0.3, -0.25) is 10.1 Å². The number of carboxylic acids is 1. The summed E-state index contributed by atoms with van der Waals surface area (Å²) in [6.45, 7) is 0.321. The normalized spacial score (nSPS) is 11.7. The maximum atomic E-state index is 11.9. The first-order chi connectivity index (χ1) is 8.99. The van der Waals surface area contributed by atoms with Crippen LogP contribution in [0, 0.1) is 0 Å². The lowest BCUT2D eigenvalue weighted by Crippen LogP contribution is -2.48. The van der Waals surface area contributed by atoms with Gasteiger partial charge in [0.1, 0.15) is 5.75 Å². The molecule has 0 saturated heterocycles. The topological polar surface area (TPSA) is 78.9 Å². The van der Waals surface area contributed by atoms with Gasteiger partial charge in [0.25, 0.3) is 5.91 Å². The van der Waals surface area contributed by atoms with E-state index < -0.39 is 17.9 Å². The van der Waals surface area contributed by atoms with Gasteiger partial charge in [0, 0.05) is 13.6 Å². The summed E-state index contributed by atoms with van der Waals surface area (Å²) in [6.07, 6.45) is 0. The van der Waals surface area contributed by atoms with Crippen molar-refractivity contribution in [1.82, 2.24) is 10.2 Å². The van der Waals surface area contributed by atoms with Crippen molar-refractivity contribution in [3.05, 3.63) is 29.8 Å². The van der Waals surface area contributed by atoms with Gasteiger partial charge in [-0.25, -0.2) is 4.79 Å². The molecule has 1 aromatic carbocycles. The predicted octanol–water partition coefficient (Wildman–Crippen LogP) is 0.326. The highest BCUT2D eigenvalue weighted by Gasteiger charge is 2.27. The lowest BCUT2D eigenvalue weighted by Gasteiger charge is -2.21. The number of hydrogen-bond acceptors (Lipinski definition) is 4. The Morgan fingerprint density at radius 3 is 2.68 bits per heavy atom. The Bertz CT molecular complexity index is 462. The predicted molar refractivity (Wildman–Crippen MR) is 70.0 cm³/mol.